The van der Waals surface area contributed by atoms with Crippen LogP contribution in [0.5, 0.6) is 5.75 Å². The monoisotopic (exact) mass is 563 g/mol. The van der Waals surface area contributed by atoms with Gasteiger partial charge in [-0.3, -0.25) is 4.79 Å². The predicted molar refractivity (Wildman–Crippen MR) is 140 cm³/mol. The predicted octanol–water partition coefficient (Wildman–Crippen LogP) is 3.44. The minimum Gasteiger partial charge on any atom is -0.490 e. The minimum absolute atomic E-state index is 0.0539. The van der Waals surface area contributed by atoms with Gasteiger partial charge in [0.15, 0.2) is 5.82 Å². The summed E-state index contributed by atoms with van der Waals surface area (Å²) in [6, 6.07) is 5.58. The molecule has 0 bridgehead atoms. The largest absolute Gasteiger partial charge is 0.490 e. The summed E-state index contributed by atoms with van der Waals surface area (Å²) in [6.07, 6.45) is 5.42. The second-order valence-electron chi connectivity index (χ2n) is 9.68. The van der Waals surface area contributed by atoms with Crippen LogP contribution in [0.3, 0.4) is 0 Å². The maximum atomic E-state index is 16.1. The standard InChI is InChI=1S/C26H31F2N5O5S/c1-3-31(2)39(35,36)30-26(34)20-16-29-33-12-8-22(24(28)25(20)33)32-11-4-5-21(32)19-15-17(27)6-7-23(19)38-18-9-13-37-14-10-18/h6-8,12,15-16,18,21H,3-5,9-11,13-14H2,1-2H3,(H,30,34). The van der Waals surface area contributed by atoms with Crippen molar-refractivity contribution >= 4 is 27.3 Å². The molecule has 210 valence electrons. The smallest absolute Gasteiger partial charge is 0.303 e. The van der Waals surface area contributed by atoms with Gasteiger partial charge in [-0.2, -0.15) is 17.8 Å². The molecule has 2 fully saturated rings. The average Bonchev–Trinajstić information content (AvgIpc) is 3.58. The highest BCUT2D eigenvalue weighted by atomic mass is 32.2. The molecule has 0 spiro atoms. The number of hydrogen-bond donors (Lipinski definition) is 1. The van der Waals surface area contributed by atoms with Gasteiger partial charge < -0.3 is 14.4 Å². The highest BCUT2D eigenvalue weighted by Gasteiger charge is 2.33. The van der Waals surface area contributed by atoms with Crippen LogP contribution >= 0.6 is 0 Å². The van der Waals surface area contributed by atoms with E-state index in [0.29, 0.717) is 37.5 Å². The number of hydrogen-bond acceptors (Lipinski definition) is 7. The van der Waals surface area contributed by atoms with E-state index in [0.717, 1.165) is 29.8 Å². The lowest BCUT2D eigenvalue weighted by atomic mass is 10.0. The Labute approximate surface area is 225 Å². The van der Waals surface area contributed by atoms with Crippen LogP contribution in [0.2, 0.25) is 0 Å². The molecule has 3 aromatic rings. The number of anilines is 1. The fourth-order valence-corrected chi connectivity index (χ4v) is 5.92. The van der Waals surface area contributed by atoms with Crippen molar-refractivity contribution in [2.45, 2.75) is 44.8 Å². The summed E-state index contributed by atoms with van der Waals surface area (Å²) >= 11 is 0. The first kappa shape index (κ1) is 27.3. The normalized spacial score (nSPS) is 18.7. The molecule has 2 saturated heterocycles. The van der Waals surface area contributed by atoms with E-state index in [9.17, 15) is 17.6 Å². The van der Waals surface area contributed by atoms with Gasteiger partial charge in [-0.25, -0.2) is 18.0 Å². The molecular weight excluding hydrogens is 532 g/mol. The van der Waals surface area contributed by atoms with Crippen molar-refractivity contribution in [2.24, 2.45) is 0 Å². The quantitative estimate of drug-likeness (QED) is 0.448. The molecule has 1 aromatic carbocycles. The summed E-state index contributed by atoms with van der Waals surface area (Å²) in [5.41, 5.74) is 0.461. The van der Waals surface area contributed by atoms with Crippen molar-refractivity contribution < 1.29 is 31.5 Å². The molecule has 0 radical (unpaired) electrons. The number of rotatable bonds is 8. The Hall–Kier alpha value is -3.29. The van der Waals surface area contributed by atoms with Gasteiger partial charge in [-0.15, -0.1) is 0 Å². The third-order valence-corrected chi connectivity index (χ3v) is 8.80. The maximum absolute atomic E-state index is 16.1. The molecular formula is C26H31F2N5O5S. The zero-order valence-electron chi connectivity index (χ0n) is 21.8. The van der Waals surface area contributed by atoms with Gasteiger partial charge in [0.1, 0.15) is 23.2 Å². The van der Waals surface area contributed by atoms with Crippen LogP contribution in [0.15, 0.2) is 36.7 Å². The zero-order valence-corrected chi connectivity index (χ0v) is 22.6. The first-order valence-corrected chi connectivity index (χ1v) is 14.4. The highest BCUT2D eigenvalue weighted by Crippen LogP contribution is 2.42. The molecule has 1 atom stereocenters. The summed E-state index contributed by atoms with van der Waals surface area (Å²) in [7, 11) is -2.78. The minimum atomic E-state index is -4.10. The molecule has 5 rings (SSSR count). The van der Waals surface area contributed by atoms with E-state index >= 15 is 4.39 Å². The SMILES string of the molecule is CCN(C)S(=O)(=O)NC(=O)c1cnn2ccc(N3CCCC3c3cc(F)ccc3OC3CCOCC3)c(F)c12. The van der Waals surface area contributed by atoms with Crippen molar-refractivity contribution in [3.63, 3.8) is 0 Å². The van der Waals surface area contributed by atoms with Crippen molar-refractivity contribution in [3.05, 3.63) is 59.4 Å². The number of benzene rings is 1. The third-order valence-electron chi connectivity index (χ3n) is 7.28. The lowest BCUT2D eigenvalue weighted by Crippen LogP contribution is -2.41. The molecule has 1 N–H and O–H groups in total. The summed E-state index contributed by atoms with van der Waals surface area (Å²) in [6.45, 7) is 3.46. The van der Waals surface area contributed by atoms with Gasteiger partial charge in [0.05, 0.1) is 36.7 Å². The van der Waals surface area contributed by atoms with Crippen LogP contribution in [0.25, 0.3) is 5.52 Å². The first-order chi connectivity index (χ1) is 18.7. The Morgan fingerprint density at radius 2 is 2.00 bits per heavy atom. The topological polar surface area (TPSA) is 105 Å². The van der Waals surface area contributed by atoms with E-state index in [1.807, 2.05) is 9.62 Å². The molecule has 1 amide bonds. The lowest BCUT2D eigenvalue weighted by molar-refractivity contribution is 0.0250. The fourth-order valence-electron chi connectivity index (χ4n) is 5.08. The average molecular weight is 564 g/mol. The number of nitrogens with zero attached hydrogens (tertiary/aromatic N) is 4. The number of carbonyl (C=O) groups excluding carboxylic acids is 1. The van der Waals surface area contributed by atoms with Crippen LogP contribution in [0, 0.1) is 11.6 Å². The van der Waals surface area contributed by atoms with Gasteiger partial charge in [0.25, 0.3) is 5.91 Å². The van der Waals surface area contributed by atoms with E-state index in [-0.39, 0.29) is 35.5 Å². The summed E-state index contributed by atoms with van der Waals surface area (Å²) in [4.78, 5) is 14.7. The molecule has 1 unspecified atom stereocenters. The van der Waals surface area contributed by atoms with Crippen molar-refractivity contribution in [3.8, 4) is 5.75 Å². The lowest BCUT2D eigenvalue weighted by Gasteiger charge is -2.31. The van der Waals surface area contributed by atoms with Crippen molar-refractivity contribution in [1.82, 2.24) is 18.6 Å². The molecule has 2 aliphatic rings. The molecule has 13 heteroatoms. The Balaban J connectivity index is 1.49. The van der Waals surface area contributed by atoms with E-state index in [2.05, 4.69) is 5.10 Å². The number of amides is 1. The van der Waals surface area contributed by atoms with Crippen LogP contribution < -0.4 is 14.4 Å². The number of nitrogens with one attached hydrogen (secondary N) is 1. The third kappa shape index (κ3) is 5.43. The summed E-state index contributed by atoms with van der Waals surface area (Å²) in [5.74, 6) is -1.58. The van der Waals surface area contributed by atoms with Gasteiger partial charge in [-0.1, -0.05) is 6.92 Å². The molecule has 39 heavy (non-hydrogen) atoms. The van der Waals surface area contributed by atoms with E-state index < -0.39 is 27.8 Å². The zero-order chi connectivity index (χ0) is 27.7. The first-order valence-electron chi connectivity index (χ1n) is 12.9. The second-order valence-corrected chi connectivity index (χ2v) is 11.5. The van der Waals surface area contributed by atoms with E-state index in [1.54, 1.807) is 19.1 Å². The summed E-state index contributed by atoms with van der Waals surface area (Å²) < 4.78 is 71.1. The highest BCUT2D eigenvalue weighted by molar-refractivity contribution is 7.87. The molecule has 0 aliphatic carbocycles. The Bertz CT molecular complexity index is 1470. The second kappa shape index (κ2) is 11.1. The molecule has 2 aliphatic heterocycles. The number of carbonyl (C=O) groups is 1. The number of fused-ring (bicyclic) bond motifs is 1. The van der Waals surface area contributed by atoms with Gasteiger partial charge >= 0.3 is 10.2 Å². The van der Waals surface area contributed by atoms with Crippen molar-refractivity contribution in [1.29, 1.82) is 0 Å². The Morgan fingerprint density at radius 1 is 1.23 bits per heavy atom. The van der Waals surface area contributed by atoms with Crippen LogP contribution in [-0.2, 0) is 14.9 Å². The van der Waals surface area contributed by atoms with Gasteiger partial charge in [0.2, 0.25) is 0 Å². The maximum Gasteiger partial charge on any atom is 0.303 e. The van der Waals surface area contributed by atoms with Gasteiger partial charge in [0, 0.05) is 44.7 Å². The fraction of sp³-hybridized carbons (Fsp3) is 0.462. The number of aromatic nitrogens is 2. The van der Waals surface area contributed by atoms with Crippen LogP contribution in [0.4, 0.5) is 14.5 Å². The molecule has 2 aromatic heterocycles. The van der Waals surface area contributed by atoms with Crippen LogP contribution in [-0.4, -0.2) is 67.7 Å². The summed E-state index contributed by atoms with van der Waals surface area (Å²) in [5, 5.41) is 4.04. The molecule has 10 nitrogen and oxygen atoms in total. The van der Waals surface area contributed by atoms with Crippen LogP contribution in [0.1, 0.15) is 54.6 Å². The molecule has 4 heterocycles. The Morgan fingerprint density at radius 3 is 2.74 bits per heavy atom. The number of pyridine rings is 1. The number of halogens is 2. The Kier molecular flexibility index (Phi) is 7.74. The number of ether oxygens (including phenoxy) is 2. The van der Waals surface area contributed by atoms with E-state index in [4.69, 9.17) is 9.47 Å². The van der Waals surface area contributed by atoms with Gasteiger partial charge in [-0.05, 0) is 37.1 Å². The molecule has 0 saturated carbocycles. The van der Waals surface area contributed by atoms with E-state index in [1.165, 1.54) is 29.9 Å². The van der Waals surface area contributed by atoms with Crippen molar-refractivity contribution in [2.75, 3.05) is 38.3 Å².